The van der Waals surface area contributed by atoms with Gasteiger partial charge in [0.2, 0.25) is 0 Å². The molecule has 2 N–H and O–H groups in total. The van der Waals surface area contributed by atoms with Gasteiger partial charge in [0.05, 0.1) is 0 Å². The van der Waals surface area contributed by atoms with E-state index in [9.17, 15) is 9.59 Å². The van der Waals surface area contributed by atoms with Crippen molar-refractivity contribution in [1.82, 2.24) is 10.3 Å². The number of rotatable bonds is 7. The standard InChI is InChI=1S/C22H24N2O3/c1-15(2)16-8-9-20-18(12-16)13-17(22(26)24-20)10-11-23-21(25)14-27-19-6-4-3-5-7-19/h3-9,12-13,15H,10-11,14H2,1-2H3,(H,23,25)(H,24,26). The maximum absolute atomic E-state index is 12.2. The van der Waals surface area contributed by atoms with Gasteiger partial charge in [-0.3, -0.25) is 9.59 Å². The minimum Gasteiger partial charge on any atom is -0.484 e. The summed E-state index contributed by atoms with van der Waals surface area (Å²) in [6, 6.07) is 17.2. The van der Waals surface area contributed by atoms with Gasteiger partial charge in [-0.25, -0.2) is 0 Å². The van der Waals surface area contributed by atoms with Crippen molar-refractivity contribution in [3.63, 3.8) is 0 Å². The average molecular weight is 364 g/mol. The van der Waals surface area contributed by atoms with Gasteiger partial charge >= 0.3 is 0 Å². The second-order valence-electron chi connectivity index (χ2n) is 6.83. The number of H-pyrrole nitrogens is 1. The van der Waals surface area contributed by atoms with Crippen molar-refractivity contribution >= 4 is 16.8 Å². The fraction of sp³-hybridized carbons (Fsp3) is 0.273. The Morgan fingerprint density at radius 2 is 1.89 bits per heavy atom. The van der Waals surface area contributed by atoms with Gasteiger partial charge in [0.15, 0.2) is 6.61 Å². The number of aromatic amines is 1. The Labute approximate surface area is 158 Å². The van der Waals surface area contributed by atoms with E-state index in [4.69, 9.17) is 4.74 Å². The minimum absolute atomic E-state index is 0.0458. The molecule has 140 valence electrons. The highest BCUT2D eigenvalue weighted by molar-refractivity contribution is 5.80. The van der Waals surface area contributed by atoms with Gasteiger partial charge in [-0.05, 0) is 53.6 Å². The number of pyridine rings is 1. The highest BCUT2D eigenvalue weighted by atomic mass is 16.5. The van der Waals surface area contributed by atoms with Gasteiger partial charge in [-0.1, -0.05) is 38.1 Å². The van der Waals surface area contributed by atoms with E-state index in [1.165, 1.54) is 5.56 Å². The molecule has 0 radical (unpaired) electrons. The number of amides is 1. The van der Waals surface area contributed by atoms with Crippen molar-refractivity contribution in [2.24, 2.45) is 0 Å². The third-order valence-corrected chi connectivity index (χ3v) is 4.44. The zero-order chi connectivity index (χ0) is 19.2. The maximum Gasteiger partial charge on any atom is 0.257 e. The fourth-order valence-corrected chi connectivity index (χ4v) is 2.87. The highest BCUT2D eigenvalue weighted by Crippen LogP contribution is 2.20. The van der Waals surface area contributed by atoms with Crippen LogP contribution in [0.5, 0.6) is 5.75 Å². The molecule has 0 fully saturated rings. The first-order chi connectivity index (χ1) is 13.0. The first-order valence-electron chi connectivity index (χ1n) is 9.13. The topological polar surface area (TPSA) is 71.2 Å². The minimum atomic E-state index is -0.210. The van der Waals surface area contributed by atoms with Gasteiger partial charge in [-0.2, -0.15) is 0 Å². The number of benzene rings is 2. The Morgan fingerprint density at radius 3 is 2.63 bits per heavy atom. The Balaban J connectivity index is 1.58. The molecule has 1 amide bonds. The molecule has 27 heavy (non-hydrogen) atoms. The molecule has 0 aliphatic heterocycles. The lowest BCUT2D eigenvalue weighted by atomic mass is 10.0. The fourth-order valence-electron chi connectivity index (χ4n) is 2.87. The van der Waals surface area contributed by atoms with E-state index in [1.807, 2.05) is 36.4 Å². The van der Waals surface area contributed by atoms with Gasteiger partial charge in [0, 0.05) is 17.6 Å². The van der Waals surface area contributed by atoms with Crippen molar-refractivity contribution in [3.05, 3.63) is 76.1 Å². The first kappa shape index (κ1) is 18.7. The average Bonchev–Trinajstić information content (AvgIpc) is 2.67. The van der Waals surface area contributed by atoms with Crippen molar-refractivity contribution in [1.29, 1.82) is 0 Å². The van der Waals surface area contributed by atoms with Crippen molar-refractivity contribution in [3.8, 4) is 5.75 Å². The summed E-state index contributed by atoms with van der Waals surface area (Å²) >= 11 is 0. The number of ether oxygens (including phenoxy) is 1. The van der Waals surface area contributed by atoms with Crippen LogP contribution in [0.25, 0.3) is 10.9 Å². The molecule has 0 unspecified atom stereocenters. The van der Waals surface area contributed by atoms with E-state index < -0.39 is 0 Å². The lowest BCUT2D eigenvalue weighted by Crippen LogP contribution is -2.31. The third kappa shape index (κ3) is 4.97. The molecule has 0 aliphatic rings. The van der Waals surface area contributed by atoms with Crippen LogP contribution in [0.2, 0.25) is 0 Å². The molecule has 5 nitrogen and oxygen atoms in total. The molecule has 0 saturated heterocycles. The van der Waals surface area contributed by atoms with Crippen LogP contribution in [0.3, 0.4) is 0 Å². The number of nitrogens with one attached hydrogen (secondary N) is 2. The SMILES string of the molecule is CC(C)c1ccc2[nH]c(=O)c(CCNC(=O)COc3ccccc3)cc2c1. The van der Waals surface area contributed by atoms with Crippen LogP contribution in [0.15, 0.2) is 59.4 Å². The molecular weight excluding hydrogens is 340 g/mol. The second-order valence-corrected chi connectivity index (χ2v) is 6.83. The van der Waals surface area contributed by atoms with E-state index in [1.54, 1.807) is 12.1 Å². The molecule has 1 aromatic heterocycles. The summed E-state index contributed by atoms with van der Waals surface area (Å²) in [4.78, 5) is 27.1. The molecule has 3 aromatic rings. The van der Waals surface area contributed by atoms with E-state index in [2.05, 4.69) is 30.2 Å². The number of carbonyl (C=O) groups is 1. The normalized spacial score (nSPS) is 10.9. The van der Waals surface area contributed by atoms with Crippen LogP contribution in [-0.2, 0) is 11.2 Å². The van der Waals surface area contributed by atoms with Crippen molar-refractivity contribution in [2.45, 2.75) is 26.2 Å². The summed E-state index contributed by atoms with van der Waals surface area (Å²) in [5, 5.41) is 3.80. The molecule has 0 bridgehead atoms. The summed E-state index contributed by atoms with van der Waals surface area (Å²) in [6.07, 6.45) is 0.467. The van der Waals surface area contributed by atoms with Crippen LogP contribution in [0.4, 0.5) is 0 Å². The Morgan fingerprint density at radius 1 is 1.11 bits per heavy atom. The predicted molar refractivity (Wildman–Crippen MR) is 107 cm³/mol. The summed E-state index contributed by atoms with van der Waals surface area (Å²) in [5.41, 5.74) is 2.60. The molecule has 1 heterocycles. The molecule has 0 spiro atoms. The van der Waals surface area contributed by atoms with Gasteiger partial charge in [0.1, 0.15) is 5.75 Å². The summed E-state index contributed by atoms with van der Waals surface area (Å²) in [7, 11) is 0. The van der Waals surface area contributed by atoms with Crippen LogP contribution in [0, 0.1) is 0 Å². The lowest BCUT2D eigenvalue weighted by Gasteiger charge is -2.09. The van der Waals surface area contributed by atoms with Crippen LogP contribution in [-0.4, -0.2) is 24.0 Å². The molecular formula is C22H24N2O3. The van der Waals surface area contributed by atoms with Crippen molar-refractivity contribution in [2.75, 3.05) is 13.2 Å². The van der Waals surface area contributed by atoms with E-state index in [-0.39, 0.29) is 18.1 Å². The Hall–Kier alpha value is -3.08. The molecule has 2 aromatic carbocycles. The summed E-state index contributed by atoms with van der Waals surface area (Å²) in [6.45, 7) is 4.62. The second kappa shape index (κ2) is 8.54. The maximum atomic E-state index is 12.2. The number of carbonyl (C=O) groups excluding carboxylic acids is 1. The smallest absolute Gasteiger partial charge is 0.257 e. The summed E-state index contributed by atoms with van der Waals surface area (Å²) in [5.74, 6) is 0.867. The van der Waals surface area contributed by atoms with Crippen LogP contribution >= 0.6 is 0 Å². The lowest BCUT2D eigenvalue weighted by molar-refractivity contribution is -0.123. The van der Waals surface area contributed by atoms with Gasteiger partial charge in [0.25, 0.3) is 11.5 Å². The largest absolute Gasteiger partial charge is 0.484 e. The third-order valence-electron chi connectivity index (χ3n) is 4.44. The zero-order valence-electron chi connectivity index (χ0n) is 15.6. The molecule has 0 aliphatic carbocycles. The number of aromatic nitrogens is 1. The molecule has 3 rings (SSSR count). The number of hydrogen-bond donors (Lipinski definition) is 2. The van der Waals surface area contributed by atoms with Crippen LogP contribution in [0.1, 0.15) is 30.9 Å². The highest BCUT2D eigenvalue weighted by Gasteiger charge is 2.07. The van der Waals surface area contributed by atoms with E-state index >= 15 is 0 Å². The first-order valence-corrected chi connectivity index (χ1v) is 9.13. The zero-order valence-corrected chi connectivity index (χ0v) is 15.6. The Bertz CT molecular complexity index is 978. The number of hydrogen-bond acceptors (Lipinski definition) is 3. The number of para-hydroxylation sites is 1. The van der Waals surface area contributed by atoms with Crippen molar-refractivity contribution < 1.29 is 9.53 Å². The van der Waals surface area contributed by atoms with Crippen LogP contribution < -0.4 is 15.6 Å². The molecule has 0 atom stereocenters. The predicted octanol–water partition coefficient (Wildman–Crippen LogP) is 3.39. The quantitative estimate of drug-likeness (QED) is 0.675. The Kier molecular flexibility index (Phi) is 5.91. The monoisotopic (exact) mass is 364 g/mol. The molecule has 0 saturated carbocycles. The summed E-state index contributed by atoms with van der Waals surface area (Å²) < 4.78 is 5.41. The van der Waals surface area contributed by atoms with E-state index in [0.717, 1.165) is 10.9 Å². The van der Waals surface area contributed by atoms with Gasteiger partial charge in [-0.15, -0.1) is 0 Å². The number of fused-ring (bicyclic) bond motifs is 1. The molecule has 5 heteroatoms. The van der Waals surface area contributed by atoms with Gasteiger partial charge < -0.3 is 15.0 Å². The van der Waals surface area contributed by atoms with E-state index in [0.29, 0.717) is 30.2 Å².